The number of nitrogens with one attached hydrogen (secondary N) is 1. The topological polar surface area (TPSA) is 85.7 Å². The second-order valence-electron chi connectivity index (χ2n) is 6.17. The number of anilines is 1. The summed E-state index contributed by atoms with van der Waals surface area (Å²) in [6, 6.07) is 10.3. The first kappa shape index (κ1) is 17.7. The average molecular weight is 376 g/mol. The molecule has 1 unspecified atom stereocenters. The molecule has 4 rings (SSSR count). The molecule has 3 heterocycles. The van der Waals surface area contributed by atoms with Crippen LogP contribution in [0.2, 0.25) is 0 Å². The minimum atomic E-state index is -0.389. The highest BCUT2D eigenvalue weighted by Crippen LogP contribution is 2.34. The van der Waals surface area contributed by atoms with Crippen molar-refractivity contribution in [3.8, 4) is 17.0 Å². The highest BCUT2D eigenvalue weighted by atomic mass is 19.1. The lowest BCUT2D eigenvalue weighted by molar-refractivity contribution is 0.419. The summed E-state index contributed by atoms with van der Waals surface area (Å²) in [5, 5.41) is 12.2. The molecule has 8 heteroatoms. The van der Waals surface area contributed by atoms with Crippen LogP contribution < -0.4 is 10.1 Å². The van der Waals surface area contributed by atoms with Crippen LogP contribution in [0.15, 0.2) is 55.1 Å². The predicted octanol–water partition coefficient (Wildman–Crippen LogP) is 3.80. The summed E-state index contributed by atoms with van der Waals surface area (Å²) in [5.74, 6) is 0.821. The average Bonchev–Trinajstić information content (AvgIpc) is 2.74. The second kappa shape index (κ2) is 7.51. The van der Waals surface area contributed by atoms with E-state index in [4.69, 9.17) is 4.74 Å². The molecule has 140 valence electrons. The van der Waals surface area contributed by atoms with Crippen LogP contribution in [-0.4, -0.2) is 32.3 Å². The van der Waals surface area contributed by atoms with Crippen molar-refractivity contribution in [1.29, 1.82) is 0 Å². The molecule has 0 amide bonds. The highest BCUT2D eigenvalue weighted by Gasteiger charge is 2.15. The third kappa shape index (κ3) is 3.44. The maximum atomic E-state index is 13.2. The molecule has 0 aliphatic heterocycles. The Morgan fingerprint density at radius 3 is 2.71 bits per heavy atom. The molecule has 0 saturated heterocycles. The van der Waals surface area contributed by atoms with E-state index in [2.05, 4.69) is 30.5 Å². The quantitative estimate of drug-likeness (QED) is 0.567. The Bertz CT molecular complexity index is 1100. The van der Waals surface area contributed by atoms with E-state index in [0.29, 0.717) is 22.8 Å². The molecule has 1 aromatic carbocycles. The van der Waals surface area contributed by atoms with Gasteiger partial charge in [0.1, 0.15) is 29.2 Å². The van der Waals surface area contributed by atoms with Crippen molar-refractivity contribution in [3.05, 3.63) is 66.6 Å². The molecular weight excluding hydrogens is 359 g/mol. The number of methoxy groups -OCH3 is 1. The van der Waals surface area contributed by atoms with E-state index in [1.54, 1.807) is 19.4 Å². The molecule has 0 aliphatic carbocycles. The van der Waals surface area contributed by atoms with Crippen LogP contribution in [0.1, 0.15) is 18.7 Å². The van der Waals surface area contributed by atoms with Gasteiger partial charge in [0.25, 0.3) is 0 Å². The Labute approximate surface area is 160 Å². The van der Waals surface area contributed by atoms with Gasteiger partial charge in [-0.2, -0.15) is 10.2 Å². The van der Waals surface area contributed by atoms with Gasteiger partial charge in [0.2, 0.25) is 0 Å². The molecular formula is C20H17FN6O. The first-order chi connectivity index (χ1) is 13.7. The van der Waals surface area contributed by atoms with Gasteiger partial charge >= 0.3 is 0 Å². The van der Waals surface area contributed by atoms with Crippen LogP contribution in [0, 0.1) is 5.82 Å². The molecule has 0 saturated carbocycles. The lowest BCUT2D eigenvalue weighted by Gasteiger charge is -2.16. The van der Waals surface area contributed by atoms with Gasteiger partial charge in [0, 0.05) is 17.1 Å². The number of pyridine rings is 1. The molecule has 0 spiro atoms. The monoisotopic (exact) mass is 376 g/mol. The summed E-state index contributed by atoms with van der Waals surface area (Å²) in [6.07, 6.45) is 4.29. The first-order valence-corrected chi connectivity index (χ1v) is 8.64. The summed E-state index contributed by atoms with van der Waals surface area (Å²) in [4.78, 5) is 12.9. The summed E-state index contributed by atoms with van der Waals surface area (Å²) < 4.78 is 18.8. The van der Waals surface area contributed by atoms with Gasteiger partial charge in [-0.1, -0.05) is 0 Å². The fraction of sp³-hybridized carbons (Fsp3) is 0.150. The summed E-state index contributed by atoms with van der Waals surface area (Å²) in [7, 11) is 1.58. The predicted molar refractivity (Wildman–Crippen MR) is 103 cm³/mol. The minimum Gasteiger partial charge on any atom is -0.494 e. The van der Waals surface area contributed by atoms with E-state index in [1.807, 2.05) is 31.2 Å². The van der Waals surface area contributed by atoms with Crippen molar-refractivity contribution in [2.45, 2.75) is 13.0 Å². The van der Waals surface area contributed by atoms with Gasteiger partial charge in [0.05, 0.1) is 30.7 Å². The molecule has 1 atom stereocenters. The van der Waals surface area contributed by atoms with Gasteiger partial charge in [0.15, 0.2) is 0 Å². The van der Waals surface area contributed by atoms with Crippen LogP contribution in [-0.2, 0) is 0 Å². The molecule has 1 N–H and O–H groups in total. The van der Waals surface area contributed by atoms with Crippen molar-refractivity contribution >= 4 is 16.7 Å². The Morgan fingerprint density at radius 1 is 1.11 bits per heavy atom. The van der Waals surface area contributed by atoms with E-state index in [-0.39, 0.29) is 11.9 Å². The zero-order valence-corrected chi connectivity index (χ0v) is 15.3. The zero-order chi connectivity index (χ0) is 19.5. The van der Waals surface area contributed by atoms with Crippen molar-refractivity contribution in [2.75, 3.05) is 12.4 Å². The number of hydrogen-bond acceptors (Lipinski definition) is 7. The Morgan fingerprint density at radius 2 is 2.00 bits per heavy atom. The smallest absolute Gasteiger partial charge is 0.145 e. The van der Waals surface area contributed by atoms with Crippen molar-refractivity contribution in [3.63, 3.8) is 0 Å². The molecule has 0 radical (unpaired) electrons. The highest BCUT2D eigenvalue weighted by molar-refractivity contribution is 5.96. The van der Waals surface area contributed by atoms with Crippen LogP contribution in [0.25, 0.3) is 22.2 Å². The summed E-state index contributed by atoms with van der Waals surface area (Å²) in [5.41, 5.74) is 2.85. The molecule has 0 fully saturated rings. The third-order valence-electron chi connectivity index (χ3n) is 4.34. The number of ether oxygens (including phenoxy) is 1. The number of benzene rings is 1. The normalized spacial score (nSPS) is 12.0. The Kier molecular flexibility index (Phi) is 4.76. The standard InChI is InChI=1S/C20H17FN6O/c1-12(16-4-3-7-25-27-16)26-20-15-8-13(17-6-5-14(21)10-22-17)9-18(28-2)19(15)23-11-24-20/h3-12H,1-2H3,(H,23,24,26). The number of rotatable bonds is 5. The number of halogens is 1. The van der Waals surface area contributed by atoms with Gasteiger partial charge in [-0.05, 0) is 43.3 Å². The molecule has 3 aromatic heterocycles. The molecule has 28 heavy (non-hydrogen) atoms. The lowest BCUT2D eigenvalue weighted by atomic mass is 10.1. The van der Waals surface area contributed by atoms with Crippen molar-refractivity contribution < 1.29 is 9.13 Å². The van der Waals surface area contributed by atoms with E-state index >= 15 is 0 Å². The molecule has 0 aliphatic rings. The fourth-order valence-electron chi connectivity index (χ4n) is 2.92. The lowest BCUT2D eigenvalue weighted by Crippen LogP contribution is -2.10. The number of nitrogens with zero attached hydrogens (tertiary/aromatic N) is 5. The molecule has 7 nitrogen and oxygen atoms in total. The number of fused-ring (bicyclic) bond motifs is 1. The minimum absolute atomic E-state index is 0.120. The SMILES string of the molecule is COc1cc(-c2ccc(F)cn2)cc2c(NC(C)c3cccnn3)ncnc12. The number of hydrogen-bond donors (Lipinski definition) is 1. The maximum absolute atomic E-state index is 13.2. The fourth-order valence-corrected chi connectivity index (χ4v) is 2.92. The van der Waals surface area contributed by atoms with Crippen molar-refractivity contribution in [1.82, 2.24) is 25.1 Å². The number of aromatic nitrogens is 5. The zero-order valence-electron chi connectivity index (χ0n) is 15.3. The van der Waals surface area contributed by atoms with Gasteiger partial charge in [-0.3, -0.25) is 4.98 Å². The van der Waals surface area contributed by atoms with Gasteiger partial charge in [-0.25, -0.2) is 14.4 Å². The second-order valence-corrected chi connectivity index (χ2v) is 6.17. The van der Waals surface area contributed by atoms with Gasteiger partial charge < -0.3 is 10.1 Å². The van der Waals surface area contributed by atoms with Crippen molar-refractivity contribution in [2.24, 2.45) is 0 Å². The van der Waals surface area contributed by atoms with Crippen LogP contribution in [0.4, 0.5) is 10.2 Å². The van der Waals surface area contributed by atoms with E-state index in [9.17, 15) is 4.39 Å². The van der Waals surface area contributed by atoms with Crippen LogP contribution in [0.5, 0.6) is 5.75 Å². The maximum Gasteiger partial charge on any atom is 0.145 e. The van der Waals surface area contributed by atoms with E-state index in [0.717, 1.165) is 16.6 Å². The molecule has 4 aromatic rings. The largest absolute Gasteiger partial charge is 0.494 e. The Balaban J connectivity index is 1.81. The summed E-state index contributed by atoms with van der Waals surface area (Å²) >= 11 is 0. The summed E-state index contributed by atoms with van der Waals surface area (Å²) in [6.45, 7) is 1.97. The third-order valence-corrected chi connectivity index (χ3v) is 4.34. The first-order valence-electron chi connectivity index (χ1n) is 8.64. The van der Waals surface area contributed by atoms with Crippen LogP contribution in [0.3, 0.4) is 0 Å². The van der Waals surface area contributed by atoms with Crippen LogP contribution >= 0.6 is 0 Å². The van der Waals surface area contributed by atoms with Gasteiger partial charge in [-0.15, -0.1) is 0 Å². The van der Waals surface area contributed by atoms with E-state index in [1.165, 1.54) is 18.6 Å². The van der Waals surface area contributed by atoms with E-state index < -0.39 is 0 Å². The Hall–Kier alpha value is -3.68. The molecule has 0 bridgehead atoms.